The molecule has 1 N–H and O–H groups in total. The first-order chi connectivity index (χ1) is 8.99. The Morgan fingerprint density at radius 3 is 2.58 bits per heavy atom. The van der Waals surface area contributed by atoms with Crippen molar-refractivity contribution in [2.24, 2.45) is 0 Å². The summed E-state index contributed by atoms with van der Waals surface area (Å²) in [6, 6.07) is 5.87. The maximum Gasteiger partial charge on any atom is 0.235 e. The van der Waals surface area contributed by atoms with Crippen molar-refractivity contribution in [3.63, 3.8) is 0 Å². The van der Waals surface area contributed by atoms with Gasteiger partial charge in [-0.3, -0.25) is 4.31 Å². The van der Waals surface area contributed by atoms with Gasteiger partial charge in [-0.05, 0) is 38.1 Å². The molecule has 1 aromatic rings. The lowest BCUT2D eigenvalue weighted by Gasteiger charge is -2.19. The SMILES string of the molecule is CCCNCCCS(=O)(=O)N(C)c1ccccc1F. The van der Waals surface area contributed by atoms with Crippen molar-refractivity contribution in [3.05, 3.63) is 30.1 Å². The second kappa shape index (κ2) is 7.45. The van der Waals surface area contributed by atoms with Crippen LogP contribution in [0, 0.1) is 5.82 Å². The molecule has 4 nitrogen and oxygen atoms in total. The number of sulfonamides is 1. The Kier molecular flexibility index (Phi) is 6.24. The standard InChI is InChI=1S/C13H21FN2O2S/c1-3-9-15-10-6-11-19(17,18)16(2)13-8-5-4-7-12(13)14/h4-5,7-8,15H,3,6,9-11H2,1-2H3. The molecular formula is C13H21FN2O2S. The quantitative estimate of drug-likeness (QED) is 0.744. The molecule has 0 spiro atoms. The summed E-state index contributed by atoms with van der Waals surface area (Å²) in [4.78, 5) is 0. The zero-order valence-corrected chi connectivity index (χ0v) is 12.2. The van der Waals surface area contributed by atoms with Crippen molar-refractivity contribution in [2.75, 3.05) is 30.2 Å². The van der Waals surface area contributed by atoms with Crippen molar-refractivity contribution < 1.29 is 12.8 Å². The maximum atomic E-state index is 13.5. The molecule has 0 aliphatic heterocycles. The number of halogens is 1. The van der Waals surface area contributed by atoms with Crippen molar-refractivity contribution in [3.8, 4) is 0 Å². The number of benzene rings is 1. The Balaban J connectivity index is 2.60. The average Bonchev–Trinajstić information content (AvgIpc) is 2.38. The smallest absolute Gasteiger partial charge is 0.235 e. The van der Waals surface area contributed by atoms with Crippen LogP contribution < -0.4 is 9.62 Å². The van der Waals surface area contributed by atoms with Crippen LogP contribution in [0.1, 0.15) is 19.8 Å². The molecule has 0 saturated carbocycles. The van der Waals surface area contributed by atoms with E-state index in [1.165, 1.54) is 25.2 Å². The summed E-state index contributed by atoms with van der Waals surface area (Å²) in [5, 5.41) is 3.14. The first kappa shape index (κ1) is 15.9. The summed E-state index contributed by atoms with van der Waals surface area (Å²) in [7, 11) is -2.09. The van der Waals surface area contributed by atoms with E-state index in [0.717, 1.165) is 17.3 Å². The van der Waals surface area contributed by atoms with Crippen molar-refractivity contribution in [1.29, 1.82) is 0 Å². The van der Waals surface area contributed by atoms with E-state index < -0.39 is 15.8 Å². The van der Waals surface area contributed by atoms with E-state index in [1.807, 2.05) is 0 Å². The van der Waals surface area contributed by atoms with Crippen molar-refractivity contribution in [2.45, 2.75) is 19.8 Å². The highest BCUT2D eigenvalue weighted by Gasteiger charge is 2.20. The van der Waals surface area contributed by atoms with Gasteiger partial charge < -0.3 is 5.32 Å². The van der Waals surface area contributed by atoms with Gasteiger partial charge in [0.05, 0.1) is 11.4 Å². The molecule has 6 heteroatoms. The fourth-order valence-electron chi connectivity index (χ4n) is 1.68. The lowest BCUT2D eigenvalue weighted by molar-refractivity contribution is 0.583. The van der Waals surface area contributed by atoms with Crippen LogP contribution in [-0.4, -0.2) is 34.3 Å². The summed E-state index contributed by atoms with van der Waals surface area (Å²) in [5.41, 5.74) is 0.0871. The molecular weight excluding hydrogens is 267 g/mol. The van der Waals surface area contributed by atoms with Crippen LogP contribution in [0.25, 0.3) is 0 Å². The van der Waals surface area contributed by atoms with Crippen LogP contribution in [0.4, 0.5) is 10.1 Å². The highest BCUT2D eigenvalue weighted by Crippen LogP contribution is 2.20. The van der Waals surface area contributed by atoms with Gasteiger partial charge in [-0.2, -0.15) is 0 Å². The maximum absolute atomic E-state index is 13.5. The predicted octanol–water partition coefficient (Wildman–Crippen LogP) is 1.98. The van der Waals surface area contributed by atoms with Crippen LogP contribution in [0.3, 0.4) is 0 Å². The third-order valence-corrected chi connectivity index (χ3v) is 4.63. The van der Waals surface area contributed by atoms with E-state index in [4.69, 9.17) is 0 Å². The third-order valence-electron chi connectivity index (χ3n) is 2.79. The summed E-state index contributed by atoms with van der Waals surface area (Å²) in [6.07, 6.45) is 1.53. The number of para-hydroxylation sites is 1. The van der Waals surface area contributed by atoms with Crippen molar-refractivity contribution >= 4 is 15.7 Å². The van der Waals surface area contributed by atoms with Gasteiger partial charge in [0.2, 0.25) is 10.0 Å². The van der Waals surface area contributed by atoms with Crippen molar-refractivity contribution in [1.82, 2.24) is 5.32 Å². The molecule has 0 amide bonds. The molecule has 108 valence electrons. The van der Waals surface area contributed by atoms with Gasteiger partial charge in [-0.15, -0.1) is 0 Å². The molecule has 1 aromatic carbocycles. The Morgan fingerprint density at radius 1 is 1.26 bits per heavy atom. The zero-order chi connectivity index (χ0) is 14.3. The Labute approximate surface area is 114 Å². The van der Waals surface area contributed by atoms with Gasteiger partial charge >= 0.3 is 0 Å². The Bertz CT molecular complexity index is 491. The van der Waals surface area contributed by atoms with Crippen LogP contribution in [0.15, 0.2) is 24.3 Å². The summed E-state index contributed by atoms with van der Waals surface area (Å²) < 4.78 is 38.7. The number of nitrogens with zero attached hydrogens (tertiary/aromatic N) is 1. The van der Waals surface area contributed by atoms with E-state index in [-0.39, 0.29) is 11.4 Å². The first-order valence-electron chi connectivity index (χ1n) is 6.41. The zero-order valence-electron chi connectivity index (χ0n) is 11.4. The second-order valence-electron chi connectivity index (χ2n) is 4.34. The van der Waals surface area contributed by atoms with Crippen LogP contribution in [-0.2, 0) is 10.0 Å². The van der Waals surface area contributed by atoms with Gasteiger partial charge in [0, 0.05) is 7.05 Å². The van der Waals surface area contributed by atoms with Gasteiger partial charge in [0.25, 0.3) is 0 Å². The van der Waals surface area contributed by atoms with E-state index in [2.05, 4.69) is 12.2 Å². The van der Waals surface area contributed by atoms with Gasteiger partial charge in [0.1, 0.15) is 5.82 Å². The predicted molar refractivity (Wildman–Crippen MR) is 76.4 cm³/mol. The van der Waals surface area contributed by atoms with Crippen LogP contribution in [0.5, 0.6) is 0 Å². The Morgan fingerprint density at radius 2 is 1.95 bits per heavy atom. The summed E-state index contributed by atoms with van der Waals surface area (Å²) >= 11 is 0. The average molecular weight is 288 g/mol. The number of anilines is 1. The number of hydrogen-bond acceptors (Lipinski definition) is 3. The van der Waals surface area contributed by atoms with E-state index >= 15 is 0 Å². The molecule has 19 heavy (non-hydrogen) atoms. The van der Waals surface area contributed by atoms with E-state index in [0.29, 0.717) is 13.0 Å². The second-order valence-corrected chi connectivity index (χ2v) is 6.46. The summed E-state index contributed by atoms with van der Waals surface area (Å²) in [5.74, 6) is -0.521. The molecule has 0 fully saturated rings. The molecule has 1 rings (SSSR count). The topological polar surface area (TPSA) is 49.4 Å². The molecule has 0 heterocycles. The number of nitrogens with one attached hydrogen (secondary N) is 1. The fraction of sp³-hybridized carbons (Fsp3) is 0.538. The molecule has 0 unspecified atom stereocenters. The minimum absolute atomic E-state index is 0.00848. The van der Waals surface area contributed by atoms with Gasteiger partial charge in [-0.1, -0.05) is 19.1 Å². The normalized spacial score (nSPS) is 11.5. The van der Waals surface area contributed by atoms with E-state index in [1.54, 1.807) is 6.07 Å². The van der Waals surface area contributed by atoms with Crippen LogP contribution >= 0.6 is 0 Å². The molecule has 0 bridgehead atoms. The number of hydrogen-bond donors (Lipinski definition) is 1. The largest absolute Gasteiger partial charge is 0.317 e. The monoisotopic (exact) mass is 288 g/mol. The summed E-state index contributed by atoms with van der Waals surface area (Å²) in [6.45, 7) is 3.58. The van der Waals surface area contributed by atoms with Gasteiger partial charge in [-0.25, -0.2) is 12.8 Å². The molecule has 0 aliphatic rings. The highest BCUT2D eigenvalue weighted by molar-refractivity contribution is 7.92. The third kappa shape index (κ3) is 4.80. The highest BCUT2D eigenvalue weighted by atomic mass is 32.2. The minimum atomic E-state index is -3.47. The fourth-order valence-corrected chi connectivity index (χ4v) is 2.91. The first-order valence-corrected chi connectivity index (χ1v) is 8.02. The molecule has 0 saturated heterocycles. The molecule has 0 atom stereocenters. The number of rotatable bonds is 8. The van der Waals surface area contributed by atoms with Gasteiger partial charge in [0.15, 0.2) is 0 Å². The lowest BCUT2D eigenvalue weighted by atomic mass is 10.3. The minimum Gasteiger partial charge on any atom is -0.317 e. The molecule has 0 aromatic heterocycles. The van der Waals surface area contributed by atoms with Crippen LogP contribution in [0.2, 0.25) is 0 Å². The van der Waals surface area contributed by atoms with E-state index in [9.17, 15) is 12.8 Å². The lowest BCUT2D eigenvalue weighted by Crippen LogP contribution is -2.31. The molecule has 0 aliphatic carbocycles. The Hall–Kier alpha value is -1.14. The molecule has 0 radical (unpaired) electrons.